The van der Waals surface area contributed by atoms with Crippen molar-refractivity contribution in [2.24, 2.45) is 0 Å². The van der Waals surface area contributed by atoms with Crippen LogP contribution in [0.1, 0.15) is 21.6 Å². The van der Waals surface area contributed by atoms with Crippen LogP contribution in [0.25, 0.3) is 0 Å². The van der Waals surface area contributed by atoms with Crippen molar-refractivity contribution >= 4 is 17.2 Å². The average Bonchev–Trinajstić information content (AvgIpc) is 2.84. The Labute approximate surface area is 91.4 Å². The van der Waals surface area contributed by atoms with Gasteiger partial charge >= 0.3 is 0 Å². The van der Waals surface area contributed by atoms with E-state index >= 15 is 0 Å². The molecule has 78 valence electrons. The Kier molecular flexibility index (Phi) is 2.82. The van der Waals surface area contributed by atoms with Gasteiger partial charge in [0.15, 0.2) is 0 Å². The number of H-pyrrole nitrogens is 1. The van der Waals surface area contributed by atoms with E-state index in [9.17, 15) is 4.79 Å². The van der Waals surface area contributed by atoms with E-state index in [1.54, 1.807) is 12.5 Å². The maximum absolute atomic E-state index is 11.7. The van der Waals surface area contributed by atoms with Crippen LogP contribution in [-0.4, -0.2) is 15.9 Å². The Hall–Kier alpha value is -1.62. The molecule has 0 spiro atoms. The molecular weight excluding hydrogens is 210 g/mol. The van der Waals surface area contributed by atoms with E-state index < -0.39 is 0 Å². The molecule has 4 nitrogen and oxygen atoms in total. The van der Waals surface area contributed by atoms with Crippen LogP contribution in [0.3, 0.4) is 0 Å². The third kappa shape index (κ3) is 2.24. The smallest absolute Gasteiger partial charge is 0.252 e. The zero-order valence-corrected chi connectivity index (χ0v) is 9.10. The number of nitrogens with zero attached hydrogens (tertiary/aromatic N) is 1. The number of imidazole rings is 1. The van der Waals surface area contributed by atoms with Gasteiger partial charge in [0.25, 0.3) is 5.91 Å². The molecule has 0 aliphatic heterocycles. The monoisotopic (exact) mass is 221 g/mol. The van der Waals surface area contributed by atoms with Crippen molar-refractivity contribution in [1.82, 2.24) is 15.3 Å². The molecule has 0 aliphatic rings. The summed E-state index contributed by atoms with van der Waals surface area (Å²) in [6.07, 6.45) is 3.29. The quantitative estimate of drug-likeness (QED) is 0.829. The Morgan fingerprint density at radius 3 is 3.07 bits per heavy atom. The van der Waals surface area contributed by atoms with Crippen molar-refractivity contribution in [3.8, 4) is 0 Å². The van der Waals surface area contributed by atoms with E-state index in [-0.39, 0.29) is 5.91 Å². The molecule has 0 saturated carbocycles. The normalized spacial score (nSPS) is 10.2. The zero-order valence-electron chi connectivity index (χ0n) is 8.28. The highest BCUT2D eigenvalue weighted by Gasteiger charge is 2.08. The van der Waals surface area contributed by atoms with Crippen LogP contribution < -0.4 is 5.32 Å². The van der Waals surface area contributed by atoms with Gasteiger partial charge in [-0.25, -0.2) is 4.98 Å². The summed E-state index contributed by atoms with van der Waals surface area (Å²) in [4.78, 5) is 18.5. The van der Waals surface area contributed by atoms with E-state index in [0.29, 0.717) is 6.54 Å². The molecular formula is C10H11N3OS. The molecule has 0 fully saturated rings. The first-order valence-electron chi connectivity index (χ1n) is 4.55. The summed E-state index contributed by atoms with van der Waals surface area (Å²) in [6, 6.07) is 0. The molecule has 0 aromatic carbocycles. The number of thiophene rings is 1. The topological polar surface area (TPSA) is 57.8 Å². The van der Waals surface area contributed by atoms with Gasteiger partial charge in [-0.1, -0.05) is 0 Å². The third-order valence-corrected chi connectivity index (χ3v) is 2.96. The standard InChI is InChI=1S/C10H11N3OS/c1-7-4-15-5-9(7)10(14)12-3-8-2-11-6-13-8/h2,4-6H,3H2,1H3,(H,11,13)(H,12,14). The lowest BCUT2D eigenvalue weighted by atomic mass is 10.2. The third-order valence-electron chi connectivity index (χ3n) is 2.09. The Bertz CT molecular complexity index is 447. The van der Waals surface area contributed by atoms with Crippen LogP contribution in [0.5, 0.6) is 0 Å². The summed E-state index contributed by atoms with van der Waals surface area (Å²) in [6.45, 7) is 2.41. The first-order chi connectivity index (χ1) is 7.27. The Morgan fingerprint density at radius 1 is 1.60 bits per heavy atom. The fraction of sp³-hybridized carbons (Fsp3) is 0.200. The lowest BCUT2D eigenvalue weighted by Gasteiger charge is -2.02. The largest absolute Gasteiger partial charge is 0.347 e. The van der Waals surface area contributed by atoms with Crippen molar-refractivity contribution in [2.75, 3.05) is 0 Å². The molecule has 2 aromatic heterocycles. The van der Waals surface area contributed by atoms with Crippen molar-refractivity contribution in [1.29, 1.82) is 0 Å². The molecule has 2 rings (SSSR count). The number of carbonyl (C=O) groups is 1. The molecule has 5 heteroatoms. The van der Waals surface area contributed by atoms with Crippen molar-refractivity contribution < 1.29 is 4.79 Å². The highest BCUT2D eigenvalue weighted by molar-refractivity contribution is 7.08. The fourth-order valence-electron chi connectivity index (χ4n) is 1.25. The number of aryl methyl sites for hydroxylation is 1. The van der Waals surface area contributed by atoms with Gasteiger partial charge in [-0.15, -0.1) is 0 Å². The Morgan fingerprint density at radius 2 is 2.47 bits per heavy atom. The summed E-state index contributed by atoms with van der Waals surface area (Å²) >= 11 is 1.54. The number of aromatic amines is 1. The minimum atomic E-state index is -0.0386. The second-order valence-corrected chi connectivity index (χ2v) is 3.97. The molecule has 0 unspecified atom stereocenters. The number of amides is 1. The van der Waals surface area contributed by atoms with E-state index in [1.807, 2.05) is 17.7 Å². The number of rotatable bonds is 3. The minimum absolute atomic E-state index is 0.0386. The van der Waals surface area contributed by atoms with Gasteiger partial charge < -0.3 is 10.3 Å². The molecule has 2 heterocycles. The van der Waals surface area contributed by atoms with Gasteiger partial charge in [-0.2, -0.15) is 11.3 Å². The lowest BCUT2D eigenvalue weighted by Crippen LogP contribution is -2.23. The van der Waals surface area contributed by atoms with Gasteiger partial charge in [0, 0.05) is 11.6 Å². The van der Waals surface area contributed by atoms with Gasteiger partial charge in [0.2, 0.25) is 0 Å². The number of nitrogens with one attached hydrogen (secondary N) is 2. The predicted molar refractivity (Wildman–Crippen MR) is 58.8 cm³/mol. The van der Waals surface area contributed by atoms with Crippen LogP contribution in [0.2, 0.25) is 0 Å². The first kappa shape index (κ1) is 9.92. The number of aromatic nitrogens is 2. The summed E-state index contributed by atoms with van der Waals surface area (Å²) < 4.78 is 0. The molecule has 0 saturated heterocycles. The maximum Gasteiger partial charge on any atom is 0.252 e. The van der Waals surface area contributed by atoms with Gasteiger partial charge in [0.1, 0.15) is 0 Å². The highest BCUT2D eigenvalue weighted by Crippen LogP contribution is 2.13. The van der Waals surface area contributed by atoms with Crippen LogP contribution in [0.4, 0.5) is 0 Å². The predicted octanol–water partition coefficient (Wildman–Crippen LogP) is 1.71. The maximum atomic E-state index is 11.7. The lowest BCUT2D eigenvalue weighted by molar-refractivity contribution is 0.0950. The van der Waals surface area contributed by atoms with E-state index in [0.717, 1.165) is 16.8 Å². The second kappa shape index (κ2) is 4.27. The summed E-state index contributed by atoms with van der Waals surface area (Å²) in [5, 5.41) is 6.65. The molecule has 15 heavy (non-hydrogen) atoms. The SMILES string of the molecule is Cc1cscc1C(=O)NCc1cnc[nH]1. The van der Waals surface area contributed by atoms with Crippen LogP contribution in [0, 0.1) is 6.92 Å². The van der Waals surface area contributed by atoms with Crippen LogP contribution >= 0.6 is 11.3 Å². The fourth-order valence-corrected chi connectivity index (χ4v) is 2.07. The zero-order chi connectivity index (χ0) is 10.7. The molecule has 0 atom stereocenters. The van der Waals surface area contributed by atoms with E-state index in [4.69, 9.17) is 0 Å². The number of hydrogen-bond acceptors (Lipinski definition) is 3. The molecule has 2 N–H and O–H groups in total. The highest BCUT2D eigenvalue weighted by atomic mass is 32.1. The Balaban J connectivity index is 1.96. The van der Waals surface area contributed by atoms with Gasteiger partial charge in [-0.05, 0) is 17.9 Å². The molecule has 0 radical (unpaired) electrons. The molecule has 2 aromatic rings. The van der Waals surface area contributed by atoms with E-state index in [2.05, 4.69) is 15.3 Å². The first-order valence-corrected chi connectivity index (χ1v) is 5.50. The van der Waals surface area contributed by atoms with Crippen molar-refractivity contribution in [3.63, 3.8) is 0 Å². The average molecular weight is 221 g/mol. The van der Waals surface area contributed by atoms with Crippen molar-refractivity contribution in [3.05, 3.63) is 40.1 Å². The van der Waals surface area contributed by atoms with E-state index in [1.165, 1.54) is 11.3 Å². The molecule has 0 aliphatic carbocycles. The van der Waals surface area contributed by atoms with Crippen LogP contribution in [-0.2, 0) is 6.54 Å². The number of carbonyl (C=O) groups excluding carboxylic acids is 1. The van der Waals surface area contributed by atoms with Gasteiger partial charge in [0.05, 0.1) is 24.1 Å². The molecule has 1 amide bonds. The summed E-state index contributed by atoms with van der Waals surface area (Å²) in [5.41, 5.74) is 2.66. The molecule has 0 bridgehead atoms. The summed E-state index contributed by atoms with van der Waals surface area (Å²) in [7, 11) is 0. The van der Waals surface area contributed by atoms with Crippen molar-refractivity contribution in [2.45, 2.75) is 13.5 Å². The van der Waals surface area contributed by atoms with Gasteiger partial charge in [-0.3, -0.25) is 4.79 Å². The van der Waals surface area contributed by atoms with Crippen LogP contribution in [0.15, 0.2) is 23.3 Å². The number of hydrogen-bond donors (Lipinski definition) is 2. The summed E-state index contributed by atoms with van der Waals surface area (Å²) in [5.74, 6) is -0.0386. The second-order valence-electron chi connectivity index (χ2n) is 3.23. The minimum Gasteiger partial charge on any atom is -0.347 e.